The van der Waals surface area contributed by atoms with Crippen LogP contribution in [0.4, 0.5) is 0 Å². The van der Waals surface area contributed by atoms with Crippen molar-refractivity contribution in [3.8, 4) is 0 Å². The van der Waals surface area contributed by atoms with Gasteiger partial charge < -0.3 is 5.11 Å². The zero-order chi connectivity index (χ0) is 10.6. The van der Waals surface area contributed by atoms with Crippen molar-refractivity contribution >= 4 is 17.7 Å². The summed E-state index contributed by atoms with van der Waals surface area (Å²) >= 11 is 1.53. The van der Waals surface area contributed by atoms with Crippen molar-refractivity contribution in [1.82, 2.24) is 4.98 Å². The lowest BCUT2D eigenvalue weighted by Crippen LogP contribution is -2.26. The third-order valence-electron chi connectivity index (χ3n) is 1.83. The second-order valence-electron chi connectivity index (χ2n) is 3.66. The molecule has 14 heavy (non-hydrogen) atoms. The van der Waals surface area contributed by atoms with Crippen LogP contribution in [0.15, 0.2) is 29.4 Å². The third kappa shape index (κ3) is 3.03. The van der Waals surface area contributed by atoms with Gasteiger partial charge in [-0.1, -0.05) is 0 Å². The van der Waals surface area contributed by atoms with Crippen molar-refractivity contribution in [2.45, 2.75) is 18.7 Å². The Morgan fingerprint density at radius 3 is 2.57 bits per heavy atom. The van der Waals surface area contributed by atoms with E-state index < -0.39 is 11.4 Å². The van der Waals surface area contributed by atoms with Crippen molar-refractivity contribution in [2.24, 2.45) is 5.41 Å². The van der Waals surface area contributed by atoms with Crippen molar-refractivity contribution in [2.75, 3.05) is 5.75 Å². The molecule has 0 saturated carbocycles. The van der Waals surface area contributed by atoms with Gasteiger partial charge in [-0.15, -0.1) is 11.8 Å². The van der Waals surface area contributed by atoms with E-state index in [1.807, 2.05) is 12.1 Å². The first-order chi connectivity index (χ1) is 6.52. The molecule has 4 heteroatoms. The zero-order valence-electron chi connectivity index (χ0n) is 8.23. The highest BCUT2D eigenvalue weighted by atomic mass is 32.2. The maximum Gasteiger partial charge on any atom is 0.309 e. The molecular weight excluding hydrogens is 198 g/mol. The summed E-state index contributed by atoms with van der Waals surface area (Å²) in [7, 11) is 0. The molecule has 1 rings (SSSR count). The number of carbonyl (C=O) groups is 1. The van der Waals surface area contributed by atoms with Gasteiger partial charge in [-0.25, -0.2) is 0 Å². The lowest BCUT2D eigenvalue weighted by Gasteiger charge is -2.17. The summed E-state index contributed by atoms with van der Waals surface area (Å²) in [6.07, 6.45) is 3.41. The Kier molecular flexibility index (Phi) is 3.52. The van der Waals surface area contributed by atoms with Crippen LogP contribution in [0.2, 0.25) is 0 Å². The number of hydrogen-bond donors (Lipinski definition) is 1. The van der Waals surface area contributed by atoms with Gasteiger partial charge in [0.2, 0.25) is 0 Å². The first kappa shape index (κ1) is 11.0. The van der Waals surface area contributed by atoms with Gasteiger partial charge in [-0.3, -0.25) is 9.78 Å². The van der Waals surface area contributed by atoms with Crippen LogP contribution in [0.5, 0.6) is 0 Å². The summed E-state index contributed by atoms with van der Waals surface area (Å²) < 4.78 is 0. The van der Waals surface area contributed by atoms with Crippen LogP contribution in [-0.2, 0) is 4.79 Å². The van der Waals surface area contributed by atoms with Crippen LogP contribution in [0.25, 0.3) is 0 Å². The second kappa shape index (κ2) is 4.46. The average Bonchev–Trinajstić information content (AvgIpc) is 2.16. The Labute approximate surface area is 87.6 Å². The monoisotopic (exact) mass is 211 g/mol. The van der Waals surface area contributed by atoms with Crippen LogP contribution >= 0.6 is 11.8 Å². The Balaban J connectivity index is 2.53. The molecule has 0 bridgehead atoms. The zero-order valence-corrected chi connectivity index (χ0v) is 9.04. The van der Waals surface area contributed by atoms with Crippen molar-refractivity contribution < 1.29 is 9.90 Å². The molecule has 0 aliphatic heterocycles. The predicted molar refractivity (Wildman–Crippen MR) is 56.4 cm³/mol. The molecule has 0 unspecified atom stereocenters. The first-order valence-corrected chi connectivity index (χ1v) is 5.27. The summed E-state index contributed by atoms with van der Waals surface area (Å²) in [5.74, 6) is -0.203. The molecule has 0 fully saturated rings. The molecule has 0 aliphatic rings. The van der Waals surface area contributed by atoms with E-state index in [9.17, 15) is 4.79 Å². The van der Waals surface area contributed by atoms with Gasteiger partial charge in [-0.2, -0.15) is 0 Å². The number of aromatic nitrogens is 1. The smallest absolute Gasteiger partial charge is 0.309 e. The average molecular weight is 211 g/mol. The topological polar surface area (TPSA) is 50.2 Å². The van der Waals surface area contributed by atoms with E-state index >= 15 is 0 Å². The SMILES string of the molecule is CC(C)(CSc1ccncc1)C(=O)O. The molecule has 0 atom stereocenters. The van der Waals surface area contributed by atoms with Crippen LogP contribution in [0.1, 0.15) is 13.8 Å². The maximum atomic E-state index is 10.8. The fourth-order valence-electron chi connectivity index (χ4n) is 0.760. The molecule has 1 aromatic rings. The van der Waals surface area contributed by atoms with E-state index in [-0.39, 0.29) is 0 Å². The van der Waals surface area contributed by atoms with Crippen LogP contribution in [-0.4, -0.2) is 21.8 Å². The largest absolute Gasteiger partial charge is 0.481 e. The molecule has 0 spiro atoms. The Bertz CT molecular complexity index is 311. The molecule has 3 nitrogen and oxygen atoms in total. The summed E-state index contributed by atoms with van der Waals surface area (Å²) in [6, 6.07) is 3.76. The van der Waals surface area contributed by atoms with E-state index in [1.165, 1.54) is 11.8 Å². The fourth-order valence-corrected chi connectivity index (χ4v) is 1.73. The maximum absolute atomic E-state index is 10.8. The normalized spacial score (nSPS) is 11.3. The van der Waals surface area contributed by atoms with Gasteiger partial charge in [0.25, 0.3) is 0 Å². The molecule has 0 aliphatic carbocycles. The number of thioether (sulfide) groups is 1. The molecule has 1 heterocycles. The van der Waals surface area contributed by atoms with Gasteiger partial charge in [0.1, 0.15) is 0 Å². The molecule has 0 amide bonds. The van der Waals surface area contributed by atoms with Crippen LogP contribution in [0, 0.1) is 5.41 Å². The number of carboxylic acid groups (broad SMARTS) is 1. The first-order valence-electron chi connectivity index (χ1n) is 4.28. The van der Waals surface area contributed by atoms with Crippen molar-refractivity contribution in [1.29, 1.82) is 0 Å². The standard InChI is InChI=1S/C10H13NO2S/c1-10(2,9(12)13)7-14-8-3-5-11-6-4-8/h3-6H,7H2,1-2H3,(H,12,13). The number of aliphatic carboxylic acids is 1. The van der Waals surface area contributed by atoms with E-state index in [0.29, 0.717) is 5.75 Å². The van der Waals surface area contributed by atoms with Gasteiger partial charge in [-0.05, 0) is 26.0 Å². The van der Waals surface area contributed by atoms with Gasteiger partial charge >= 0.3 is 5.97 Å². The number of rotatable bonds is 4. The van der Waals surface area contributed by atoms with Crippen molar-refractivity contribution in [3.63, 3.8) is 0 Å². The minimum Gasteiger partial charge on any atom is -0.481 e. The summed E-state index contributed by atoms with van der Waals surface area (Å²) in [5.41, 5.74) is -0.687. The highest BCUT2D eigenvalue weighted by Gasteiger charge is 2.26. The Hall–Kier alpha value is -1.03. The molecule has 1 aromatic heterocycles. The summed E-state index contributed by atoms with van der Waals surface area (Å²) in [5, 5.41) is 8.89. The number of pyridine rings is 1. The Morgan fingerprint density at radius 1 is 1.50 bits per heavy atom. The number of carboxylic acids is 1. The Morgan fingerprint density at radius 2 is 2.07 bits per heavy atom. The van der Waals surface area contributed by atoms with Gasteiger partial charge in [0.15, 0.2) is 0 Å². The number of hydrogen-bond acceptors (Lipinski definition) is 3. The van der Waals surface area contributed by atoms with Gasteiger partial charge in [0, 0.05) is 23.0 Å². The quantitative estimate of drug-likeness (QED) is 0.776. The lowest BCUT2D eigenvalue weighted by atomic mass is 9.97. The molecule has 0 saturated heterocycles. The summed E-state index contributed by atoms with van der Waals surface area (Å²) in [4.78, 5) is 15.8. The molecule has 0 radical (unpaired) electrons. The van der Waals surface area contributed by atoms with Crippen LogP contribution in [0.3, 0.4) is 0 Å². The molecular formula is C10H13NO2S. The third-order valence-corrected chi connectivity index (χ3v) is 3.30. The minimum absolute atomic E-state index is 0.562. The lowest BCUT2D eigenvalue weighted by molar-refractivity contribution is -0.145. The van der Waals surface area contributed by atoms with Gasteiger partial charge in [0.05, 0.1) is 5.41 Å². The van der Waals surface area contributed by atoms with E-state index in [0.717, 1.165) is 4.90 Å². The predicted octanol–water partition coefficient (Wildman–Crippen LogP) is 2.28. The van der Waals surface area contributed by atoms with E-state index in [4.69, 9.17) is 5.11 Å². The second-order valence-corrected chi connectivity index (χ2v) is 4.71. The van der Waals surface area contributed by atoms with Crippen molar-refractivity contribution in [3.05, 3.63) is 24.5 Å². The molecule has 76 valence electrons. The molecule has 1 N–H and O–H groups in total. The van der Waals surface area contributed by atoms with E-state index in [1.54, 1.807) is 26.2 Å². The minimum atomic E-state index is -0.765. The fraction of sp³-hybridized carbons (Fsp3) is 0.400. The molecule has 0 aromatic carbocycles. The highest BCUT2D eigenvalue weighted by Crippen LogP contribution is 2.27. The van der Waals surface area contributed by atoms with Crippen LogP contribution < -0.4 is 0 Å². The number of nitrogens with zero attached hydrogens (tertiary/aromatic N) is 1. The highest BCUT2D eigenvalue weighted by molar-refractivity contribution is 7.99. The summed E-state index contributed by atoms with van der Waals surface area (Å²) in [6.45, 7) is 3.45. The van der Waals surface area contributed by atoms with E-state index in [2.05, 4.69) is 4.98 Å².